The van der Waals surface area contributed by atoms with Crippen molar-refractivity contribution in [1.82, 2.24) is 4.90 Å². The zero-order valence-electron chi connectivity index (χ0n) is 11.5. The van der Waals surface area contributed by atoms with Gasteiger partial charge in [0.25, 0.3) is 0 Å². The first-order valence-electron chi connectivity index (χ1n) is 6.97. The molecule has 2 rings (SSSR count). The molecular weight excluding hydrogens is 238 g/mol. The maximum atomic E-state index is 11.4. The van der Waals surface area contributed by atoms with Gasteiger partial charge in [-0.1, -0.05) is 31.5 Å². The van der Waals surface area contributed by atoms with Crippen LogP contribution in [0.3, 0.4) is 0 Å². The van der Waals surface area contributed by atoms with Crippen LogP contribution in [0.2, 0.25) is 0 Å². The topological polar surface area (TPSA) is 72.3 Å². The highest BCUT2D eigenvalue weighted by molar-refractivity contribution is 5.94. The van der Waals surface area contributed by atoms with E-state index in [1.807, 2.05) is 18.2 Å². The fourth-order valence-electron chi connectivity index (χ4n) is 2.84. The summed E-state index contributed by atoms with van der Waals surface area (Å²) in [7, 11) is 0. The van der Waals surface area contributed by atoms with E-state index >= 15 is 0 Å². The van der Waals surface area contributed by atoms with Crippen molar-refractivity contribution in [2.75, 3.05) is 13.1 Å². The fourth-order valence-corrected chi connectivity index (χ4v) is 2.84. The van der Waals surface area contributed by atoms with Gasteiger partial charge in [-0.2, -0.15) is 0 Å². The fraction of sp³-hybridized carbons (Fsp3) is 0.533. The lowest BCUT2D eigenvalue weighted by Crippen LogP contribution is -2.46. The first-order chi connectivity index (χ1) is 9.11. The predicted molar refractivity (Wildman–Crippen MR) is 76.6 cm³/mol. The summed E-state index contributed by atoms with van der Waals surface area (Å²) in [5.41, 5.74) is 13.2. The van der Waals surface area contributed by atoms with Gasteiger partial charge < -0.3 is 11.5 Å². The van der Waals surface area contributed by atoms with E-state index in [9.17, 15) is 4.79 Å². The largest absolute Gasteiger partial charge is 0.366 e. The SMILES string of the molecule is CCC1CN(Cc2ccccc2C(N)=O)CCC1N. The summed E-state index contributed by atoms with van der Waals surface area (Å²) in [5, 5.41) is 0. The van der Waals surface area contributed by atoms with Crippen LogP contribution in [0.25, 0.3) is 0 Å². The van der Waals surface area contributed by atoms with E-state index in [-0.39, 0.29) is 5.91 Å². The molecule has 0 bridgehead atoms. The van der Waals surface area contributed by atoms with E-state index < -0.39 is 0 Å². The summed E-state index contributed by atoms with van der Waals surface area (Å²) in [5.74, 6) is 0.200. The van der Waals surface area contributed by atoms with E-state index in [4.69, 9.17) is 11.5 Å². The quantitative estimate of drug-likeness (QED) is 0.859. The second-order valence-electron chi connectivity index (χ2n) is 5.38. The molecule has 19 heavy (non-hydrogen) atoms. The third kappa shape index (κ3) is 3.33. The molecule has 2 unspecified atom stereocenters. The summed E-state index contributed by atoms with van der Waals surface area (Å²) in [4.78, 5) is 13.8. The van der Waals surface area contributed by atoms with Gasteiger partial charge >= 0.3 is 0 Å². The summed E-state index contributed by atoms with van der Waals surface area (Å²) >= 11 is 0. The summed E-state index contributed by atoms with van der Waals surface area (Å²) in [6.45, 7) is 4.96. The van der Waals surface area contributed by atoms with Crippen molar-refractivity contribution in [2.45, 2.75) is 32.4 Å². The Morgan fingerprint density at radius 2 is 2.16 bits per heavy atom. The van der Waals surface area contributed by atoms with Crippen molar-refractivity contribution in [3.8, 4) is 0 Å². The first kappa shape index (κ1) is 14.0. The number of carbonyl (C=O) groups is 1. The molecule has 1 aliphatic heterocycles. The Morgan fingerprint density at radius 1 is 1.42 bits per heavy atom. The number of nitrogens with two attached hydrogens (primary N) is 2. The lowest BCUT2D eigenvalue weighted by atomic mass is 9.90. The third-order valence-electron chi connectivity index (χ3n) is 4.08. The average molecular weight is 261 g/mol. The highest BCUT2D eigenvalue weighted by Gasteiger charge is 2.25. The Kier molecular flexibility index (Phi) is 4.56. The molecule has 0 saturated carbocycles. The number of piperidine rings is 1. The highest BCUT2D eigenvalue weighted by Crippen LogP contribution is 2.21. The lowest BCUT2D eigenvalue weighted by molar-refractivity contribution is 0.0996. The van der Waals surface area contributed by atoms with Crippen LogP contribution in [-0.4, -0.2) is 29.9 Å². The zero-order valence-corrected chi connectivity index (χ0v) is 11.5. The van der Waals surface area contributed by atoms with Crippen LogP contribution in [0.5, 0.6) is 0 Å². The van der Waals surface area contributed by atoms with Crippen LogP contribution in [0, 0.1) is 5.92 Å². The van der Waals surface area contributed by atoms with E-state index in [0.29, 0.717) is 17.5 Å². The van der Waals surface area contributed by atoms with Gasteiger partial charge in [-0.3, -0.25) is 9.69 Å². The molecule has 0 aromatic heterocycles. The maximum Gasteiger partial charge on any atom is 0.249 e. The molecule has 1 aliphatic rings. The Labute approximate surface area is 114 Å². The molecule has 1 aromatic carbocycles. The number of likely N-dealkylation sites (tertiary alicyclic amines) is 1. The van der Waals surface area contributed by atoms with Gasteiger partial charge in [-0.05, 0) is 30.5 Å². The highest BCUT2D eigenvalue weighted by atomic mass is 16.1. The Morgan fingerprint density at radius 3 is 2.84 bits per heavy atom. The van der Waals surface area contributed by atoms with Crippen LogP contribution in [0.4, 0.5) is 0 Å². The molecule has 1 saturated heterocycles. The molecule has 4 nitrogen and oxygen atoms in total. The Balaban J connectivity index is 2.07. The summed E-state index contributed by atoms with van der Waals surface area (Å²) < 4.78 is 0. The first-order valence-corrected chi connectivity index (χ1v) is 6.97. The minimum absolute atomic E-state index is 0.313. The second-order valence-corrected chi connectivity index (χ2v) is 5.38. The van der Waals surface area contributed by atoms with Crippen molar-refractivity contribution < 1.29 is 4.79 Å². The molecule has 1 amide bonds. The van der Waals surface area contributed by atoms with Gasteiger partial charge in [0.15, 0.2) is 0 Å². The number of rotatable bonds is 4. The van der Waals surface area contributed by atoms with E-state index in [1.165, 1.54) is 0 Å². The van der Waals surface area contributed by atoms with Crippen LogP contribution in [0.15, 0.2) is 24.3 Å². The smallest absolute Gasteiger partial charge is 0.249 e. The van der Waals surface area contributed by atoms with Crippen molar-refractivity contribution in [3.63, 3.8) is 0 Å². The van der Waals surface area contributed by atoms with Crippen LogP contribution in [0.1, 0.15) is 35.7 Å². The number of amides is 1. The second kappa shape index (κ2) is 6.17. The van der Waals surface area contributed by atoms with E-state index in [0.717, 1.165) is 38.0 Å². The zero-order chi connectivity index (χ0) is 13.8. The molecule has 4 N–H and O–H groups in total. The standard InChI is InChI=1S/C15H23N3O/c1-2-11-9-18(8-7-14(11)16)10-12-5-3-4-6-13(12)15(17)19/h3-6,11,14H,2,7-10,16H2,1H3,(H2,17,19). The number of hydrogen-bond donors (Lipinski definition) is 2. The van der Waals surface area contributed by atoms with Gasteiger partial charge in [-0.15, -0.1) is 0 Å². The molecule has 2 atom stereocenters. The predicted octanol–water partition coefficient (Wildman–Crippen LogP) is 1.34. The Hall–Kier alpha value is -1.39. The summed E-state index contributed by atoms with van der Waals surface area (Å²) in [6.07, 6.45) is 2.13. The van der Waals surface area contributed by atoms with Gasteiger partial charge in [0, 0.05) is 24.7 Å². The van der Waals surface area contributed by atoms with Crippen LogP contribution in [-0.2, 0) is 6.54 Å². The molecule has 0 radical (unpaired) electrons. The van der Waals surface area contributed by atoms with E-state index in [2.05, 4.69) is 11.8 Å². The van der Waals surface area contributed by atoms with E-state index in [1.54, 1.807) is 6.07 Å². The number of benzene rings is 1. The minimum atomic E-state index is -0.351. The monoisotopic (exact) mass is 261 g/mol. The van der Waals surface area contributed by atoms with Crippen molar-refractivity contribution >= 4 is 5.91 Å². The minimum Gasteiger partial charge on any atom is -0.366 e. The van der Waals surface area contributed by atoms with Gasteiger partial charge in [0.1, 0.15) is 0 Å². The number of primary amides is 1. The molecule has 1 fully saturated rings. The van der Waals surface area contributed by atoms with Crippen LogP contribution < -0.4 is 11.5 Å². The molecule has 0 aliphatic carbocycles. The Bertz CT molecular complexity index is 447. The van der Waals surface area contributed by atoms with Gasteiger partial charge in [-0.25, -0.2) is 0 Å². The van der Waals surface area contributed by atoms with Crippen molar-refractivity contribution in [2.24, 2.45) is 17.4 Å². The molecule has 4 heteroatoms. The third-order valence-corrected chi connectivity index (χ3v) is 4.08. The average Bonchev–Trinajstić information content (AvgIpc) is 2.41. The van der Waals surface area contributed by atoms with Crippen molar-refractivity contribution in [1.29, 1.82) is 0 Å². The summed E-state index contributed by atoms with van der Waals surface area (Å²) in [6, 6.07) is 7.90. The lowest BCUT2D eigenvalue weighted by Gasteiger charge is -2.36. The maximum absolute atomic E-state index is 11.4. The molecule has 104 valence electrons. The normalized spacial score (nSPS) is 24.3. The molecule has 1 aromatic rings. The molecular formula is C15H23N3O. The number of carbonyl (C=O) groups excluding carboxylic acids is 1. The van der Waals surface area contributed by atoms with Gasteiger partial charge in [0.2, 0.25) is 5.91 Å². The molecule has 0 spiro atoms. The van der Waals surface area contributed by atoms with Crippen LogP contribution >= 0.6 is 0 Å². The number of hydrogen-bond acceptors (Lipinski definition) is 3. The molecule has 1 heterocycles. The van der Waals surface area contributed by atoms with Crippen molar-refractivity contribution in [3.05, 3.63) is 35.4 Å². The number of nitrogens with zero attached hydrogens (tertiary/aromatic N) is 1. The van der Waals surface area contributed by atoms with Gasteiger partial charge in [0.05, 0.1) is 0 Å².